The summed E-state index contributed by atoms with van der Waals surface area (Å²) < 4.78 is 5.34. The summed E-state index contributed by atoms with van der Waals surface area (Å²) in [6.07, 6.45) is 2.71. The number of hydrogen-bond donors (Lipinski definition) is 1. The summed E-state index contributed by atoms with van der Waals surface area (Å²) in [4.78, 5) is 24.6. The molecule has 184 valence electrons. The van der Waals surface area contributed by atoms with Crippen LogP contribution in [-0.4, -0.2) is 42.2 Å². The lowest BCUT2D eigenvalue weighted by molar-refractivity contribution is 0.0519. The fourth-order valence-electron chi connectivity index (χ4n) is 4.68. The lowest BCUT2D eigenvalue weighted by Crippen LogP contribution is -2.46. The van der Waals surface area contributed by atoms with Crippen LogP contribution in [0.5, 0.6) is 0 Å². The summed E-state index contributed by atoms with van der Waals surface area (Å²) in [5, 5.41) is 0.792. The van der Waals surface area contributed by atoms with E-state index >= 15 is 0 Å². The summed E-state index contributed by atoms with van der Waals surface area (Å²) in [5.41, 5.74) is 9.58. The fourth-order valence-corrected chi connectivity index (χ4v) is 5.07. The number of hydrogen-bond acceptors (Lipinski definition) is 6. The summed E-state index contributed by atoms with van der Waals surface area (Å²) in [6.45, 7) is 5.94. The molecule has 8 heteroatoms. The van der Waals surface area contributed by atoms with Gasteiger partial charge in [0.05, 0.1) is 28.0 Å². The van der Waals surface area contributed by atoms with E-state index < -0.39 is 5.97 Å². The van der Waals surface area contributed by atoms with Crippen molar-refractivity contribution in [1.29, 1.82) is 0 Å². The van der Waals surface area contributed by atoms with Gasteiger partial charge >= 0.3 is 5.97 Å². The van der Waals surface area contributed by atoms with Crippen molar-refractivity contribution in [1.82, 2.24) is 9.97 Å². The van der Waals surface area contributed by atoms with Crippen LogP contribution in [0.2, 0.25) is 10.0 Å². The average Bonchev–Trinajstić information content (AvgIpc) is 2.87. The van der Waals surface area contributed by atoms with Gasteiger partial charge in [0.15, 0.2) is 11.5 Å². The molecule has 0 bridgehead atoms. The lowest BCUT2D eigenvalue weighted by Gasteiger charge is -2.42. The van der Waals surface area contributed by atoms with Gasteiger partial charge in [-0.15, -0.1) is 0 Å². The number of carbonyl (C=O) groups is 1. The molecule has 4 rings (SSSR count). The molecule has 0 spiro atoms. The van der Waals surface area contributed by atoms with Gasteiger partial charge in [-0.2, -0.15) is 0 Å². The number of anilines is 1. The van der Waals surface area contributed by atoms with Gasteiger partial charge in [0.25, 0.3) is 0 Å². The van der Waals surface area contributed by atoms with Crippen molar-refractivity contribution in [2.75, 3.05) is 31.1 Å². The van der Waals surface area contributed by atoms with Crippen molar-refractivity contribution in [3.05, 3.63) is 75.5 Å². The van der Waals surface area contributed by atoms with Gasteiger partial charge < -0.3 is 15.4 Å². The Labute approximate surface area is 216 Å². The van der Waals surface area contributed by atoms with Crippen LogP contribution in [0.1, 0.15) is 41.5 Å². The highest BCUT2D eigenvalue weighted by Gasteiger charge is 2.36. The Morgan fingerprint density at radius 2 is 1.80 bits per heavy atom. The Morgan fingerprint density at radius 3 is 2.46 bits per heavy atom. The zero-order valence-electron chi connectivity index (χ0n) is 20.1. The number of piperidine rings is 1. The van der Waals surface area contributed by atoms with Crippen LogP contribution in [0, 0.1) is 12.3 Å². The highest BCUT2D eigenvalue weighted by atomic mass is 35.5. The molecule has 1 aliphatic heterocycles. The van der Waals surface area contributed by atoms with Crippen molar-refractivity contribution >= 4 is 35.0 Å². The molecule has 0 atom stereocenters. The molecule has 0 saturated carbocycles. The number of aromatic nitrogens is 2. The van der Waals surface area contributed by atoms with E-state index in [1.54, 1.807) is 19.1 Å². The first kappa shape index (κ1) is 25.4. The average molecular weight is 513 g/mol. The predicted octanol–water partition coefficient (Wildman–Crippen LogP) is 5.72. The third-order valence-electron chi connectivity index (χ3n) is 6.71. The molecule has 0 unspecified atom stereocenters. The topological polar surface area (TPSA) is 81.3 Å². The second-order valence-corrected chi connectivity index (χ2v) is 9.79. The quantitative estimate of drug-likeness (QED) is 0.407. The standard InChI is InChI=1S/C27H30Cl2N4O2/c1-3-35-26(34)24-25(31-18(2)23(32-24)20-10-7-11-21(28)22(20)29)33-14-12-27(17-30,13-15-33)16-19-8-5-4-6-9-19/h4-11H,3,12-17,30H2,1-2H3. The number of nitrogens with zero attached hydrogens (tertiary/aromatic N) is 3. The van der Waals surface area contributed by atoms with Crippen molar-refractivity contribution < 1.29 is 9.53 Å². The lowest BCUT2D eigenvalue weighted by atomic mass is 9.74. The smallest absolute Gasteiger partial charge is 0.360 e. The molecule has 2 aromatic carbocycles. The first-order valence-corrected chi connectivity index (χ1v) is 12.6. The molecule has 3 aromatic rings. The number of carbonyl (C=O) groups excluding carboxylic acids is 1. The predicted molar refractivity (Wildman–Crippen MR) is 141 cm³/mol. The SMILES string of the molecule is CCOC(=O)c1nc(-c2cccc(Cl)c2Cl)c(C)nc1N1CCC(CN)(Cc2ccccc2)CC1. The van der Waals surface area contributed by atoms with E-state index in [1.165, 1.54) is 5.56 Å². The van der Waals surface area contributed by atoms with Gasteiger partial charge in [0.1, 0.15) is 0 Å². The van der Waals surface area contributed by atoms with Gasteiger partial charge in [0.2, 0.25) is 0 Å². The third kappa shape index (κ3) is 5.45. The minimum Gasteiger partial charge on any atom is -0.461 e. The molecule has 0 radical (unpaired) electrons. The number of esters is 1. The molecule has 6 nitrogen and oxygen atoms in total. The summed E-state index contributed by atoms with van der Waals surface area (Å²) in [7, 11) is 0. The molecule has 2 heterocycles. The minimum absolute atomic E-state index is 0.0126. The van der Waals surface area contributed by atoms with Crippen molar-refractivity contribution in [2.24, 2.45) is 11.1 Å². The maximum Gasteiger partial charge on any atom is 0.360 e. The molecule has 35 heavy (non-hydrogen) atoms. The number of rotatable bonds is 7. The van der Waals surface area contributed by atoms with E-state index in [4.69, 9.17) is 43.6 Å². The molecular formula is C27H30Cl2N4O2. The van der Waals surface area contributed by atoms with Crippen LogP contribution < -0.4 is 10.6 Å². The molecule has 0 aliphatic carbocycles. The van der Waals surface area contributed by atoms with Crippen molar-refractivity contribution in [3.63, 3.8) is 0 Å². The van der Waals surface area contributed by atoms with Gasteiger partial charge in [-0.25, -0.2) is 14.8 Å². The van der Waals surface area contributed by atoms with E-state index in [0.717, 1.165) is 32.4 Å². The van der Waals surface area contributed by atoms with Gasteiger partial charge in [-0.05, 0) is 56.7 Å². The molecule has 0 amide bonds. The minimum atomic E-state index is -0.505. The molecule has 2 N–H and O–H groups in total. The van der Waals surface area contributed by atoms with Crippen LogP contribution >= 0.6 is 23.2 Å². The Morgan fingerprint density at radius 1 is 1.09 bits per heavy atom. The van der Waals surface area contributed by atoms with Crippen molar-refractivity contribution in [3.8, 4) is 11.3 Å². The van der Waals surface area contributed by atoms with Crippen LogP contribution in [0.3, 0.4) is 0 Å². The number of aryl methyl sites for hydroxylation is 1. The van der Waals surface area contributed by atoms with E-state index in [1.807, 2.05) is 19.1 Å². The molecule has 1 saturated heterocycles. The zero-order valence-corrected chi connectivity index (χ0v) is 21.6. The number of benzene rings is 2. The number of ether oxygens (including phenoxy) is 1. The fraction of sp³-hybridized carbons (Fsp3) is 0.370. The maximum absolute atomic E-state index is 12.9. The summed E-state index contributed by atoms with van der Waals surface area (Å²) >= 11 is 12.7. The normalized spacial score (nSPS) is 15.2. The first-order valence-electron chi connectivity index (χ1n) is 11.9. The molecule has 1 fully saturated rings. The second-order valence-electron chi connectivity index (χ2n) is 9.01. The number of halogens is 2. The molecule has 1 aromatic heterocycles. The Kier molecular flexibility index (Phi) is 7.95. The van der Waals surface area contributed by atoms with Gasteiger partial charge in [-0.3, -0.25) is 0 Å². The van der Waals surface area contributed by atoms with Crippen LogP contribution in [0.15, 0.2) is 48.5 Å². The highest BCUT2D eigenvalue weighted by molar-refractivity contribution is 6.43. The van der Waals surface area contributed by atoms with E-state index in [0.29, 0.717) is 39.4 Å². The largest absolute Gasteiger partial charge is 0.461 e. The highest BCUT2D eigenvalue weighted by Crippen LogP contribution is 2.38. The van der Waals surface area contributed by atoms with E-state index in [9.17, 15) is 4.79 Å². The van der Waals surface area contributed by atoms with E-state index in [2.05, 4.69) is 29.2 Å². The van der Waals surface area contributed by atoms with Gasteiger partial charge in [0, 0.05) is 18.7 Å². The van der Waals surface area contributed by atoms with Gasteiger partial charge in [-0.1, -0.05) is 65.7 Å². The Hall–Kier alpha value is -2.67. The zero-order chi connectivity index (χ0) is 25.0. The third-order valence-corrected chi connectivity index (χ3v) is 7.52. The van der Waals surface area contributed by atoms with E-state index in [-0.39, 0.29) is 17.7 Å². The molecular weight excluding hydrogens is 483 g/mol. The van der Waals surface area contributed by atoms with Crippen LogP contribution in [0.25, 0.3) is 11.3 Å². The monoisotopic (exact) mass is 512 g/mol. The molecule has 1 aliphatic rings. The Balaban J connectivity index is 1.66. The second kappa shape index (κ2) is 10.9. The first-order chi connectivity index (χ1) is 16.9. The summed E-state index contributed by atoms with van der Waals surface area (Å²) in [6, 6.07) is 15.8. The maximum atomic E-state index is 12.9. The van der Waals surface area contributed by atoms with Crippen LogP contribution in [-0.2, 0) is 11.2 Å². The van der Waals surface area contributed by atoms with Crippen molar-refractivity contribution in [2.45, 2.75) is 33.1 Å². The number of nitrogens with two attached hydrogens (primary N) is 1. The summed E-state index contributed by atoms with van der Waals surface area (Å²) in [5.74, 6) is 0.0301. The Bertz CT molecular complexity index is 1200. The van der Waals surface area contributed by atoms with Crippen LogP contribution in [0.4, 0.5) is 5.82 Å².